The molecular weight excluding hydrogens is 340 g/mol. The van der Waals surface area contributed by atoms with E-state index in [1.54, 1.807) is 12.1 Å². The Morgan fingerprint density at radius 3 is 2.74 bits per heavy atom. The predicted octanol–water partition coefficient (Wildman–Crippen LogP) is 4.98. The van der Waals surface area contributed by atoms with E-state index < -0.39 is 0 Å². The molecule has 4 heteroatoms. The van der Waals surface area contributed by atoms with E-state index in [4.69, 9.17) is 9.15 Å². The highest BCUT2D eigenvalue weighted by Gasteiger charge is 2.54. The van der Waals surface area contributed by atoms with Gasteiger partial charge >= 0.3 is 5.63 Å². The lowest BCUT2D eigenvalue weighted by atomic mass is 9.48. The summed E-state index contributed by atoms with van der Waals surface area (Å²) in [6, 6.07) is 8.84. The van der Waals surface area contributed by atoms with E-state index in [1.165, 1.54) is 6.07 Å². The Hall–Kier alpha value is -2.10. The van der Waals surface area contributed by atoms with Gasteiger partial charge in [0, 0.05) is 35.3 Å². The molecule has 27 heavy (non-hydrogen) atoms. The first-order valence-electron chi connectivity index (χ1n) is 10.0. The minimum absolute atomic E-state index is 0.0500. The summed E-state index contributed by atoms with van der Waals surface area (Å²) in [5, 5.41) is 0.887. The van der Waals surface area contributed by atoms with Crippen LogP contribution in [0.25, 0.3) is 11.0 Å². The quantitative estimate of drug-likeness (QED) is 0.717. The van der Waals surface area contributed by atoms with Gasteiger partial charge in [0.05, 0.1) is 6.61 Å². The van der Waals surface area contributed by atoms with Gasteiger partial charge in [0.1, 0.15) is 17.1 Å². The summed E-state index contributed by atoms with van der Waals surface area (Å²) in [7, 11) is 0. The molecule has 2 aliphatic carbocycles. The van der Waals surface area contributed by atoms with E-state index in [2.05, 4.69) is 20.8 Å². The van der Waals surface area contributed by atoms with Gasteiger partial charge in [0.25, 0.3) is 0 Å². The molecule has 4 unspecified atom stereocenters. The number of carbonyl (C=O) groups is 1. The number of ether oxygens (including phenoxy) is 1. The van der Waals surface area contributed by atoms with Gasteiger partial charge in [-0.15, -0.1) is 0 Å². The first kappa shape index (κ1) is 18.3. The number of benzene rings is 1. The zero-order chi connectivity index (χ0) is 19.2. The highest BCUT2D eigenvalue weighted by Crippen LogP contribution is 2.59. The number of carbonyl (C=O) groups excluding carboxylic acids is 1. The van der Waals surface area contributed by atoms with Crippen molar-refractivity contribution in [2.45, 2.75) is 52.9 Å². The number of hydrogen-bond donors (Lipinski definition) is 0. The van der Waals surface area contributed by atoms with Crippen molar-refractivity contribution in [1.82, 2.24) is 0 Å². The van der Waals surface area contributed by atoms with Gasteiger partial charge in [0.2, 0.25) is 0 Å². The molecule has 0 amide bonds. The topological polar surface area (TPSA) is 56.5 Å². The molecule has 0 aliphatic heterocycles. The lowest BCUT2D eigenvalue weighted by molar-refractivity contribution is -0.144. The van der Waals surface area contributed by atoms with Crippen molar-refractivity contribution in [3.8, 4) is 5.75 Å². The maximum Gasteiger partial charge on any atom is 0.336 e. The molecule has 0 N–H and O–H groups in total. The largest absolute Gasteiger partial charge is 0.493 e. The van der Waals surface area contributed by atoms with E-state index in [1.807, 2.05) is 12.1 Å². The number of fused-ring (bicyclic) bond motifs is 2. The summed E-state index contributed by atoms with van der Waals surface area (Å²) in [4.78, 5) is 23.8. The molecule has 0 spiro atoms. The van der Waals surface area contributed by atoms with E-state index in [0.29, 0.717) is 30.3 Å². The fourth-order valence-electron chi connectivity index (χ4n) is 5.64. The summed E-state index contributed by atoms with van der Waals surface area (Å²) < 4.78 is 11.5. The van der Waals surface area contributed by atoms with Crippen molar-refractivity contribution in [3.63, 3.8) is 0 Å². The summed E-state index contributed by atoms with van der Waals surface area (Å²) in [5.74, 6) is 1.77. The Kier molecular flexibility index (Phi) is 4.40. The third-order valence-corrected chi connectivity index (χ3v) is 7.42. The molecule has 4 nitrogen and oxygen atoms in total. The average Bonchev–Trinajstić information content (AvgIpc) is 2.64. The Labute approximate surface area is 159 Å². The Balaban J connectivity index is 1.56. The van der Waals surface area contributed by atoms with Crippen molar-refractivity contribution in [3.05, 3.63) is 40.8 Å². The van der Waals surface area contributed by atoms with Gasteiger partial charge in [-0.05, 0) is 48.8 Å². The number of Topliss-reactive ketones (excluding diaryl/α,β-unsaturated/α-hetero) is 1. The van der Waals surface area contributed by atoms with Crippen molar-refractivity contribution < 1.29 is 13.9 Å². The molecule has 2 fully saturated rings. The van der Waals surface area contributed by atoms with Crippen LogP contribution < -0.4 is 10.4 Å². The summed E-state index contributed by atoms with van der Waals surface area (Å²) in [5.41, 5.74) is 0.321. The molecule has 4 atom stereocenters. The van der Waals surface area contributed by atoms with Crippen LogP contribution in [0.2, 0.25) is 0 Å². The molecule has 0 radical (unpaired) electrons. The Morgan fingerprint density at radius 1 is 1.15 bits per heavy atom. The smallest absolute Gasteiger partial charge is 0.336 e. The lowest BCUT2D eigenvalue weighted by Crippen LogP contribution is -2.53. The maximum absolute atomic E-state index is 12.3. The van der Waals surface area contributed by atoms with Crippen LogP contribution in [0, 0.1) is 22.7 Å². The molecule has 4 rings (SSSR count). The van der Waals surface area contributed by atoms with Crippen molar-refractivity contribution in [2.75, 3.05) is 6.61 Å². The SMILES string of the molecule is CC1C(=O)CCC2C(C)(COc3ccc4ccc(=O)oc4c3)CCCC12C. The molecule has 1 aromatic heterocycles. The van der Waals surface area contributed by atoms with Crippen LogP contribution in [-0.4, -0.2) is 12.4 Å². The van der Waals surface area contributed by atoms with Gasteiger partial charge in [-0.25, -0.2) is 4.79 Å². The summed E-state index contributed by atoms with van der Waals surface area (Å²) in [6.45, 7) is 7.36. The third kappa shape index (κ3) is 3.09. The van der Waals surface area contributed by atoms with Crippen LogP contribution in [-0.2, 0) is 4.79 Å². The molecule has 2 aromatic rings. The fourth-order valence-corrected chi connectivity index (χ4v) is 5.64. The highest BCUT2D eigenvalue weighted by atomic mass is 16.5. The highest BCUT2D eigenvalue weighted by molar-refractivity contribution is 5.82. The number of rotatable bonds is 3. The summed E-state index contributed by atoms with van der Waals surface area (Å²) >= 11 is 0. The van der Waals surface area contributed by atoms with Crippen LogP contribution in [0.4, 0.5) is 0 Å². The summed E-state index contributed by atoms with van der Waals surface area (Å²) in [6.07, 6.45) is 5.04. The van der Waals surface area contributed by atoms with E-state index in [0.717, 1.165) is 36.8 Å². The molecule has 1 heterocycles. The van der Waals surface area contributed by atoms with Crippen molar-refractivity contribution >= 4 is 16.8 Å². The lowest BCUT2D eigenvalue weighted by Gasteiger charge is -2.56. The second-order valence-electron chi connectivity index (χ2n) is 9.04. The van der Waals surface area contributed by atoms with Gasteiger partial charge in [-0.2, -0.15) is 0 Å². The standard InChI is InChI=1S/C23H28O4/c1-15-18(24)8-9-20-22(2,11-4-12-23(15,20)3)14-26-17-7-5-16-6-10-21(25)27-19(16)13-17/h5-7,10,13,15,20H,4,8-9,11-12,14H2,1-3H3. The monoisotopic (exact) mass is 368 g/mol. The Bertz CT molecular complexity index is 929. The van der Waals surface area contributed by atoms with Crippen LogP contribution in [0.5, 0.6) is 5.75 Å². The van der Waals surface area contributed by atoms with Crippen molar-refractivity contribution in [1.29, 1.82) is 0 Å². The van der Waals surface area contributed by atoms with E-state index in [-0.39, 0.29) is 22.4 Å². The van der Waals surface area contributed by atoms with Gasteiger partial charge in [0.15, 0.2) is 0 Å². The van der Waals surface area contributed by atoms with E-state index in [9.17, 15) is 9.59 Å². The minimum atomic E-state index is -0.351. The molecule has 0 bridgehead atoms. The van der Waals surface area contributed by atoms with Gasteiger partial charge in [-0.3, -0.25) is 4.79 Å². The predicted molar refractivity (Wildman–Crippen MR) is 105 cm³/mol. The van der Waals surface area contributed by atoms with E-state index >= 15 is 0 Å². The average molecular weight is 368 g/mol. The third-order valence-electron chi connectivity index (χ3n) is 7.42. The van der Waals surface area contributed by atoms with Gasteiger partial charge < -0.3 is 9.15 Å². The number of hydrogen-bond acceptors (Lipinski definition) is 4. The van der Waals surface area contributed by atoms with Crippen LogP contribution >= 0.6 is 0 Å². The van der Waals surface area contributed by atoms with Crippen LogP contribution in [0.3, 0.4) is 0 Å². The molecule has 2 aliphatic rings. The molecule has 144 valence electrons. The first-order valence-corrected chi connectivity index (χ1v) is 10.0. The van der Waals surface area contributed by atoms with Crippen LogP contribution in [0.15, 0.2) is 39.5 Å². The molecule has 1 aromatic carbocycles. The number of ketones is 1. The maximum atomic E-state index is 12.3. The fraction of sp³-hybridized carbons (Fsp3) is 0.565. The normalized spacial score (nSPS) is 33.7. The van der Waals surface area contributed by atoms with Crippen LogP contribution in [0.1, 0.15) is 52.9 Å². The zero-order valence-corrected chi connectivity index (χ0v) is 16.4. The second kappa shape index (κ2) is 6.50. The minimum Gasteiger partial charge on any atom is -0.493 e. The second-order valence-corrected chi connectivity index (χ2v) is 9.04. The first-order chi connectivity index (χ1) is 12.8. The van der Waals surface area contributed by atoms with Gasteiger partial charge in [-0.1, -0.05) is 27.2 Å². The molecular formula is C23H28O4. The molecule has 0 saturated heterocycles. The van der Waals surface area contributed by atoms with Crippen molar-refractivity contribution in [2.24, 2.45) is 22.7 Å². The zero-order valence-electron chi connectivity index (χ0n) is 16.4. The molecule has 2 saturated carbocycles. The Morgan fingerprint density at radius 2 is 1.93 bits per heavy atom.